The number of carbonyl (C=O) groups excluding carboxylic acids is 1. The maximum absolute atomic E-state index is 12.0. The molecule has 6 nitrogen and oxygen atoms in total. The van der Waals surface area contributed by atoms with Gasteiger partial charge in [-0.25, -0.2) is 13.1 Å². The van der Waals surface area contributed by atoms with Crippen LogP contribution in [-0.2, 0) is 14.8 Å². The summed E-state index contributed by atoms with van der Waals surface area (Å²) in [6.07, 6.45) is 0. The van der Waals surface area contributed by atoms with Crippen LogP contribution in [0.5, 0.6) is 0 Å². The van der Waals surface area contributed by atoms with Crippen LogP contribution in [0.25, 0.3) is 0 Å². The van der Waals surface area contributed by atoms with E-state index in [1.54, 1.807) is 0 Å². The third-order valence-corrected chi connectivity index (χ3v) is 4.45. The van der Waals surface area contributed by atoms with Crippen molar-refractivity contribution in [3.05, 3.63) is 28.8 Å². The van der Waals surface area contributed by atoms with Gasteiger partial charge in [-0.05, 0) is 32.0 Å². The first-order valence-corrected chi connectivity index (χ1v) is 7.45. The number of carbonyl (C=O) groups is 1. The molecule has 108 valence electrons. The second kappa shape index (κ2) is 5.79. The largest absolute Gasteiger partial charge is 0.369 e. The standard InChI is InChI=1S/C12H14ClN3O3S/c1-12(2,11(15)17)7-16-20(18,19)9-4-3-8(6-14)10(13)5-9/h3-5,16H,7H2,1-2H3,(H2,15,17). The van der Waals surface area contributed by atoms with Crippen LogP contribution in [0.1, 0.15) is 19.4 Å². The Morgan fingerprint density at radius 1 is 1.50 bits per heavy atom. The predicted octanol–water partition coefficient (Wildman–Crippen LogP) is 1.00. The molecule has 0 aliphatic rings. The van der Waals surface area contributed by atoms with Crippen LogP contribution in [0.3, 0.4) is 0 Å². The first-order chi connectivity index (χ1) is 9.10. The first kappa shape index (κ1) is 16.4. The van der Waals surface area contributed by atoms with E-state index in [-0.39, 0.29) is 22.0 Å². The SMILES string of the molecule is CC(C)(CNS(=O)(=O)c1ccc(C#N)c(Cl)c1)C(N)=O. The van der Waals surface area contributed by atoms with Gasteiger partial charge < -0.3 is 5.73 Å². The Labute approximate surface area is 122 Å². The van der Waals surface area contributed by atoms with Crippen LogP contribution in [0.4, 0.5) is 0 Å². The fourth-order valence-electron chi connectivity index (χ4n) is 1.20. The van der Waals surface area contributed by atoms with Crippen molar-refractivity contribution in [3.63, 3.8) is 0 Å². The van der Waals surface area contributed by atoms with Gasteiger partial charge in [0.15, 0.2) is 0 Å². The zero-order valence-electron chi connectivity index (χ0n) is 11.0. The molecule has 0 saturated heterocycles. The Balaban J connectivity index is 2.99. The number of hydrogen-bond acceptors (Lipinski definition) is 4. The van der Waals surface area contributed by atoms with Gasteiger partial charge in [0, 0.05) is 6.54 Å². The first-order valence-electron chi connectivity index (χ1n) is 5.59. The lowest BCUT2D eigenvalue weighted by molar-refractivity contribution is -0.125. The highest BCUT2D eigenvalue weighted by Gasteiger charge is 2.27. The molecule has 0 unspecified atom stereocenters. The van der Waals surface area contributed by atoms with E-state index in [0.717, 1.165) is 0 Å². The summed E-state index contributed by atoms with van der Waals surface area (Å²) in [5, 5.41) is 8.78. The number of nitriles is 1. The fourth-order valence-corrected chi connectivity index (χ4v) is 2.72. The van der Waals surface area contributed by atoms with Crippen molar-refractivity contribution < 1.29 is 13.2 Å². The van der Waals surface area contributed by atoms with Gasteiger partial charge in [0.05, 0.1) is 20.9 Å². The molecule has 0 heterocycles. The zero-order valence-corrected chi connectivity index (χ0v) is 12.5. The molecule has 0 aromatic heterocycles. The predicted molar refractivity (Wildman–Crippen MR) is 74.3 cm³/mol. The summed E-state index contributed by atoms with van der Waals surface area (Å²) in [6, 6.07) is 5.60. The van der Waals surface area contributed by atoms with Crippen molar-refractivity contribution in [2.75, 3.05) is 6.54 Å². The molecule has 1 rings (SSSR count). The van der Waals surface area contributed by atoms with E-state index in [9.17, 15) is 13.2 Å². The number of rotatable bonds is 5. The van der Waals surface area contributed by atoms with Gasteiger partial charge in [-0.15, -0.1) is 0 Å². The van der Waals surface area contributed by atoms with Crippen molar-refractivity contribution in [3.8, 4) is 6.07 Å². The summed E-state index contributed by atoms with van der Waals surface area (Å²) < 4.78 is 26.4. The molecule has 0 spiro atoms. The minimum Gasteiger partial charge on any atom is -0.369 e. The zero-order chi connectivity index (χ0) is 15.6. The van der Waals surface area contributed by atoms with Crippen LogP contribution in [-0.4, -0.2) is 20.9 Å². The maximum Gasteiger partial charge on any atom is 0.240 e. The second-order valence-electron chi connectivity index (χ2n) is 4.83. The summed E-state index contributed by atoms with van der Waals surface area (Å²) in [4.78, 5) is 11.1. The molecule has 20 heavy (non-hydrogen) atoms. The Hall–Kier alpha value is -1.62. The molecule has 1 amide bonds. The van der Waals surface area contributed by atoms with Crippen LogP contribution in [0, 0.1) is 16.7 Å². The normalized spacial score (nSPS) is 11.9. The fraction of sp³-hybridized carbons (Fsp3) is 0.333. The average Bonchev–Trinajstić information content (AvgIpc) is 2.36. The summed E-state index contributed by atoms with van der Waals surface area (Å²) in [5.41, 5.74) is 4.34. The Morgan fingerprint density at radius 3 is 2.55 bits per heavy atom. The molecule has 1 aromatic rings. The quantitative estimate of drug-likeness (QED) is 0.843. The molecule has 8 heteroatoms. The number of nitrogens with one attached hydrogen (secondary N) is 1. The van der Waals surface area contributed by atoms with Crippen LogP contribution in [0.15, 0.2) is 23.1 Å². The molecule has 0 bridgehead atoms. The molecule has 0 fully saturated rings. The highest BCUT2D eigenvalue weighted by atomic mass is 35.5. The third-order valence-electron chi connectivity index (χ3n) is 2.74. The van der Waals surface area contributed by atoms with E-state index in [4.69, 9.17) is 22.6 Å². The second-order valence-corrected chi connectivity index (χ2v) is 7.00. The van der Waals surface area contributed by atoms with E-state index in [2.05, 4.69) is 4.72 Å². The van der Waals surface area contributed by atoms with Crippen LogP contribution >= 0.6 is 11.6 Å². The van der Waals surface area contributed by atoms with Gasteiger partial charge in [0.2, 0.25) is 15.9 Å². The number of nitrogens with two attached hydrogens (primary N) is 1. The minimum absolute atomic E-state index is 0.0459. The van der Waals surface area contributed by atoms with Crippen molar-refractivity contribution in [1.29, 1.82) is 5.26 Å². The highest BCUT2D eigenvalue weighted by molar-refractivity contribution is 7.89. The minimum atomic E-state index is -3.83. The van der Waals surface area contributed by atoms with Crippen molar-refractivity contribution >= 4 is 27.5 Å². The summed E-state index contributed by atoms with van der Waals surface area (Å²) in [6.45, 7) is 2.93. The van der Waals surface area contributed by atoms with E-state index >= 15 is 0 Å². The van der Waals surface area contributed by atoms with Gasteiger partial charge >= 0.3 is 0 Å². The van der Waals surface area contributed by atoms with Gasteiger partial charge in [-0.1, -0.05) is 11.6 Å². The molecule has 3 N–H and O–H groups in total. The molecule has 0 saturated carbocycles. The molecular weight excluding hydrogens is 302 g/mol. The van der Waals surface area contributed by atoms with Gasteiger partial charge in [-0.2, -0.15) is 5.26 Å². The molecular formula is C12H14ClN3O3S. The third kappa shape index (κ3) is 3.70. The maximum atomic E-state index is 12.0. The van der Waals surface area contributed by atoms with Crippen molar-refractivity contribution in [2.24, 2.45) is 11.1 Å². The number of primary amides is 1. The van der Waals surface area contributed by atoms with E-state index in [1.807, 2.05) is 6.07 Å². The monoisotopic (exact) mass is 315 g/mol. The number of sulfonamides is 1. The number of amides is 1. The summed E-state index contributed by atoms with van der Waals surface area (Å²) in [7, 11) is -3.83. The summed E-state index contributed by atoms with van der Waals surface area (Å²) in [5.74, 6) is -0.613. The molecule has 0 radical (unpaired) electrons. The Morgan fingerprint density at radius 2 is 2.10 bits per heavy atom. The Kier molecular flexibility index (Phi) is 4.76. The Bertz CT molecular complexity index is 678. The lowest BCUT2D eigenvalue weighted by atomic mass is 9.93. The smallest absolute Gasteiger partial charge is 0.240 e. The summed E-state index contributed by atoms with van der Waals surface area (Å²) >= 11 is 5.79. The molecule has 0 atom stereocenters. The molecule has 1 aromatic carbocycles. The van der Waals surface area contributed by atoms with Crippen molar-refractivity contribution in [2.45, 2.75) is 18.7 Å². The molecule has 0 aliphatic carbocycles. The van der Waals surface area contributed by atoms with Gasteiger partial charge in [0.1, 0.15) is 6.07 Å². The highest BCUT2D eigenvalue weighted by Crippen LogP contribution is 2.21. The number of benzene rings is 1. The average molecular weight is 316 g/mol. The number of hydrogen-bond donors (Lipinski definition) is 2. The van der Waals surface area contributed by atoms with Crippen LogP contribution < -0.4 is 10.5 Å². The van der Waals surface area contributed by atoms with Crippen molar-refractivity contribution in [1.82, 2.24) is 4.72 Å². The van der Waals surface area contributed by atoms with Gasteiger partial charge in [-0.3, -0.25) is 4.79 Å². The lowest BCUT2D eigenvalue weighted by Gasteiger charge is -2.20. The lowest BCUT2D eigenvalue weighted by Crippen LogP contribution is -2.42. The van der Waals surface area contributed by atoms with E-state index in [1.165, 1.54) is 32.0 Å². The molecule has 0 aliphatic heterocycles. The topological polar surface area (TPSA) is 113 Å². The van der Waals surface area contributed by atoms with E-state index in [0.29, 0.717) is 0 Å². The van der Waals surface area contributed by atoms with Crippen LogP contribution in [0.2, 0.25) is 5.02 Å². The van der Waals surface area contributed by atoms with E-state index < -0.39 is 21.3 Å². The number of nitrogens with zero attached hydrogens (tertiary/aromatic N) is 1. The van der Waals surface area contributed by atoms with Gasteiger partial charge in [0.25, 0.3) is 0 Å². The number of halogens is 1.